The average Bonchev–Trinajstić information content (AvgIpc) is 1.79. The van der Waals surface area contributed by atoms with Crippen molar-refractivity contribution in [2.24, 2.45) is 0 Å². The smallest absolute Gasteiger partial charge is 0.187 e. The molecule has 0 aromatic heterocycles. The Hall–Kier alpha value is -0.410. The Balaban J connectivity index is 2.57. The first-order chi connectivity index (χ1) is 4.51. The van der Waals surface area contributed by atoms with E-state index in [4.69, 9.17) is 9.47 Å². The van der Waals surface area contributed by atoms with Crippen LogP contribution in [0.15, 0.2) is 0 Å². The van der Waals surface area contributed by atoms with Crippen molar-refractivity contribution in [3.05, 3.63) is 0 Å². The summed E-state index contributed by atoms with van der Waals surface area (Å²) in [5.41, 5.74) is 0. The molecule has 1 fully saturated rings. The Morgan fingerprint density at radius 3 is 2.60 bits per heavy atom. The molecule has 3 nitrogen and oxygen atoms in total. The third kappa shape index (κ3) is 1.55. The minimum Gasteiger partial charge on any atom is -0.343 e. The number of hydrogen-bond donors (Lipinski definition) is 0. The summed E-state index contributed by atoms with van der Waals surface area (Å²) in [6.07, 6.45) is -0.316. The van der Waals surface area contributed by atoms with E-state index in [1.165, 1.54) is 0 Å². The molecule has 1 saturated heterocycles. The van der Waals surface area contributed by atoms with E-state index in [-0.39, 0.29) is 18.5 Å². The lowest BCUT2D eigenvalue weighted by Crippen LogP contribution is -2.44. The summed E-state index contributed by atoms with van der Waals surface area (Å²) in [7, 11) is 0. The molecule has 0 aromatic carbocycles. The lowest BCUT2D eigenvalue weighted by atomic mass is 10.2. The Morgan fingerprint density at radius 2 is 2.20 bits per heavy atom. The van der Waals surface area contributed by atoms with Gasteiger partial charge in [-0.15, -0.1) is 0 Å². The van der Waals surface area contributed by atoms with E-state index in [0.717, 1.165) is 0 Å². The maximum atomic E-state index is 10.8. The van der Waals surface area contributed by atoms with Gasteiger partial charge < -0.3 is 9.47 Å². The highest BCUT2D eigenvalue weighted by Crippen LogP contribution is 2.19. The van der Waals surface area contributed by atoms with E-state index in [1.54, 1.807) is 20.8 Å². The van der Waals surface area contributed by atoms with Gasteiger partial charge in [0.15, 0.2) is 11.6 Å². The molecule has 0 spiro atoms. The fraction of sp³-hybridized carbons (Fsp3) is 0.857. The van der Waals surface area contributed by atoms with Crippen LogP contribution in [0.5, 0.6) is 0 Å². The van der Waals surface area contributed by atoms with Crippen LogP contribution in [0.2, 0.25) is 0 Å². The van der Waals surface area contributed by atoms with Crippen molar-refractivity contribution in [2.75, 3.05) is 6.61 Å². The van der Waals surface area contributed by atoms with Crippen LogP contribution in [0.25, 0.3) is 0 Å². The van der Waals surface area contributed by atoms with Gasteiger partial charge >= 0.3 is 0 Å². The lowest BCUT2D eigenvalue weighted by molar-refractivity contribution is -0.254. The highest BCUT2D eigenvalue weighted by Gasteiger charge is 2.31. The summed E-state index contributed by atoms with van der Waals surface area (Å²) in [6, 6.07) is 0. The zero-order valence-corrected chi connectivity index (χ0v) is 6.51. The summed E-state index contributed by atoms with van der Waals surface area (Å²) in [5.74, 6) is -0.577. The summed E-state index contributed by atoms with van der Waals surface area (Å²) in [4.78, 5) is 10.8. The molecule has 0 radical (unpaired) electrons. The summed E-state index contributed by atoms with van der Waals surface area (Å²) >= 11 is 0. The van der Waals surface area contributed by atoms with Crippen molar-refractivity contribution in [1.82, 2.24) is 0 Å². The molecule has 0 aromatic rings. The molecular weight excluding hydrogens is 132 g/mol. The first-order valence-electron chi connectivity index (χ1n) is 3.36. The number of ether oxygens (including phenoxy) is 2. The summed E-state index contributed by atoms with van der Waals surface area (Å²) < 4.78 is 10.3. The van der Waals surface area contributed by atoms with Crippen LogP contribution in [-0.2, 0) is 14.3 Å². The first-order valence-corrected chi connectivity index (χ1v) is 3.36. The average molecular weight is 144 g/mol. The van der Waals surface area contributed by atoms with Gasteiger partial charge in [-0.2, -0.15) is 0 Å². The maximum absolute atomic E-state index is 10.8. The number of carbonyl (C=O) groups is 1. The van der Waals surface area contributed by atoms with Crippen molar-refractivity contribution < 1.29 is 14.3 Å². The molecule has 0 unspecified atom stereocenters. The Labute approximate surface area is 60.3 Å². The van der Waals surface area contributed by atoms with Crippen LogP contribution in [-0.4, -0.2) is 24.3 Å². The van der Waals surface area contributed by atoms with Gasteiger partial charge in [-0.3, -0.25) is 4.79 Å². The van der Waals surface area contributed by atoms with Gasteiger partial charge in [0, 0.05) is 0 Å². The molecule has 1 atom stereocenters. The van der Waals surface area contributed by atoms with Crippen LogP contribution in [0.1, 0.15) is 20.8 Å². The Morgan fingerprint density at radius 1 is 1.60 bits per heavy atom. The highest BCUT2D eigenvalue weighted by atomic mass is 16.7. The van der Waals surface area contributed by atoms with E-state index in [0.29, 0.717) is 0 Å². The number of Topliss-reactive ketones (excluding diaryl/α,β-unsaturated/α-hetero) is 1. The lowest BCUT2D eigenvalue weighted by Gasteiger charge is -2.33. The summed E-state index contributed by atoms with van der Waals surface area (Å²) in [5, 5.41) is 0. The van der Waals surface area contributed by atoms with E-state index >= 15 is 0 Å². The molecule has 0 saturated carbocycles. The minimum atomic E-state index is -0.590. The van der Waals surface area contributed by atoms with Gasteiger partial charge in [-0.1, -0.05) is 0 Å². The SMILES string of the molecule is C[C@H]1OC(C)(C)OCC1=O. The van der Waals surface area contributed by atoms with Crippen LogP contribution < -0.4 is 0 Å². The van der Waals surface area contributed by atoms with Crippen LogP contribution >= 0.6 is 0 Å². The first kappa shape index (κ1) is 7.69. The van der Waals surface area contributed by atoms with E-state index in [2.05, 4.69) is 0 Å². The second-order valence-corrected chi connectivity index (χ2v) is 2.91. The third-order valence-electron chi connectivity index (χ3n) is 1.48. The van der Waals surface area contributed by atoms with Gasteiger partial charge in [0.1, 0.15) is 12.7 Å². The largest absolute Gasteiger partial charge is 0.343 e. The number of hydrogen-bond acceptors (Lipinski definition) is 3. The molecule has 1 aliphatic heterocycles. The predicted octanol–water partition coefficient (Wildman–Crippen LogP) is 0.727. The molecule has 0 bridgehead atoms. The minimum absolute atomic E-state index is 0.0133. The Kier molecular flexibility index (Phi) is 1.79. The molecule has 0 aliphatic carbocycles. The van der Waals surface area contributed by atoms with Gasteiger partial charge in [0.2, 0.25) is 0 Å². The topological polar surface area (TPSA) is 35.5 Å². The van der Waals surface area contributed by atoms with Crippen molar-refractivity contribution in [3.8, 4) is 0 Å². The monoisotopic (exact) mass is 144 g/mol. The molecule has 0 amide bonds. The zero-order chi connectivity index (χ0) is 7.78. The van der Waals surface area contributed by atoms with Crippen molar-refractivity contribution in [2.45, 2.75) is 32.7 Å². The fourth-order valence-corrected chi connectivity index (χ4v) is 0.888. The molecule has 3 heteroatoms. The number of carbonyl (C=O) groups excluding carboxylic acids is 1. The van der Waals surface area contributed by atoms with Gasteiger partial charge in [-0.25, -0.2) is 0 Å². The molecule has 58 valence electrons. The quantitative estimate of drug-likeness (QED) is 0.502. The molecule has 1 heterocycles. The highest BCUT2D eigenvalue weighted by molar-refractivity contribution is 5.84. The molecule has 10 heavy (non-hydrogen) atoms. The van der Waals surface area contributed by atoms with E-state index < -0.39 is 5.79 Å². The zero-order valence-electron chi connectivity index (χ0n) is 6.51. The number of rotatable bonds is 0. The van der Waals surface area contributed by atoms with Crippen molar-refractivity contribution in [3.63, 3.8) is 0 Å². The molecular formula is C7H12O3. The maximum Gasteiger partial charge on any atom is 0.187 e. The number of ketones is 1. The molecule has 0 N–H and O–H groups in total. The van der Waals surface area contributed by atoms with Crippen molar-refractivity contribution in [1.29, 1.82) is 0 Å². The summed E-state index contributed by atoms with van der Waals surface area (Å²) in [6.45, 7) is 5.52. The van der Waals surface area contributed by atoms with Crippen LogP contribution in [0.3, 0.4) is 0 Å². The molecule has 1 rings (SSSR count). The van der Waals surface area contributed by atoms with Crippen LogP contribution in [0.4, 0.5) is 0 Å². The van der Waals surface area contributed by atoms with Crippen LogP contribution in [0, 0.1) is 0 Å². The van der Waals surface area contributed by atoms with Crippen molar-refractivity contribution >= 4 is 5.78 Å². The normalized spacial score (nSPS) is 32.3. The second kappa shape index (κ2) is 2.32. The third-order valence-corrected chi connectivity index (χ3v) is 1.48. The van der Waals surface area contributed by atoms with E-state index in [9.17, 15) is 4.79 Å². The molecule has 1 aliphatic rings. The van der Waals surface area contributed by atoms with Gasteiger partial charge in [-0.05, 0) is 20.8 Å². The van der Waals surface area contributed by atoms with Gasteiger partial charge in [0.05, 0.1) is 0 Å². The van der Waals surface area contributed by atoms with Gasteiger partial charge in [0.25, 0.3) is 0 Å². The Bertz CT molecular complexity index is 151. The standard InChI is InChI=1S/C7H12O3/c1-5-6(8)4-9-7(2,3)10-5/h5H,4H2,1-3H3/t5-/m1/s1. The van der Waals surface area contributed by atoms with E-state index in [1.807, 2.05) is 0 Å². The second-order valence-electron chi connectivity index (χ2n) is 2.91. The fourth-order valence-electron chi connectivity index (χ4n) is 0.888. The predicted molar refractivity (Wildman–Crippen MR) is 35.6 cm³/mol.